The van der Waals surface area contributed by atoms with Crippen molar-refractivity contribution in [3.8, 4) is 5.75 Å². The van der Waals surface area contributed by atoms with Crippen molar-refractivity contribution in [2.24, 2.45) is 0 Å². The van der Waals surface area contributed by atoms with E-state index in [1.807, 2.05) is 24.3 Å². The van der Waals surface area contributed by atoms with Gasteiger partial charge in [0.2, 0.25) is 5.95 Å². The van der Waals surface area contributed by atoms with E-state index in [1.165, 1.54) is 6.33 Å². The fraction of sp³-hybridized carbons (Fsp3) is 0.292. The molecule has 33 heavy (non-hydrogen) atoms. The molecule has 1 aliphatic rings. The predicted octanol–water partition coefficient (Wildman–Crippen LogP) is 5.80. The summed E-state index contributed by atoms with van der Waals surface area (Å²) in [6.07, 6.45) is 3.03. The normalized spacial score (nSPS) is 15.1. The van der Waals surface area contributed by atoms with Crippen molar-refractivity contribution >= 4 is 35.1 Å². The molecule has 0 amide bonds. The average Bonchev–Trinajstić information content (AvgIpc) is 3.27. The number of fused-ring (bicyclic) bond motifs is 1. The number of rotatable bonds is 8. The summed E-state index contributed by atoms with van der Waals surface area (Å²) in [6, 6.07) is 12.4. The zero-order valence-electron chi connectivity index (χ0n) is 18.3. The van der Waals surface area contributed by atoms with Crippen molar-refractivity contribution in [1.29, 1.82) is 0 Å². The molecule has 0 spiro atoms. The number of nitrogens with zero attached hydrogens (tertiary/aromatic N) is 3. The Balaban J connectivity index is 1.64. The lowest BCUT2D eigenvalue weighted by atomic mass is 9.94. The summed E-state index contributed by atoms with van der Waals surface area (Å²) >= 11 is 12.5. The van der Waals surface area contributed by atoms with Crippen LogP contribution in [0.5, 0.6) is 5.75 Å². The minimum Gasteiger partial charge on any atom is -0.489 e. The number of hydrogen-bond acceptors (Lipinski definition) is 6. The van der Waals surface area contributed by atoms with Crippen LogP contribution >= 0.6 is 23.2 Å². The van der Waals surface area contributed by atoms with Gasteiger partial charge in [0.15, 0.2) is 0 Å². The van der Waals surface area contributed by atoms with E-state index in [0.717, 1.165) is 23.2 Å². The molecule has 0 bridgehead atoms. The minimum absolute atomic E-state index is 0.243. The number of anilines is 1. The summed E-state index contributed by atoms with van der Waals surface area (Å²) in [6.45, 7) is 4.38. The number of ether oxygens (including phenoxy) is 2. The standard InChI is InChI=1S/C24H24Cl2N4O3/c1-3-6-20-21(23(31)32-4-2)22(30-24(29-20)27-14-28-30)15-9-11-16(12-10-15)33-13-17-18(25)7-5-8-19(17)26/h5,7-12,14,22H,3-4,6,13H2,1-2H3,(H,27,28,29)/t22-/m1/s1. The van der Waals surface area contributed by atoms with Crippen LogP contribution in [0.2, 0.25) is 10.0 Å². The Morgan fingerprint density at radius 2 is 1.85 bits per heavy atom. The third kappa shape index (κ3) is 4.84. The number of esters is 1. The topological polar surface area (TPSA) is 78.3 Å². The first-order valence-electron chi connectivity index (χ1n) is 10.8. The fourth-order valence-electron chi connectivity index (χ4n) is 3.79. The van der Waals surface area contributed by atoms with Crippen LogP contribution in [0.25, 0.3) is 0 Å². The maximum Gasteiger partial charge on any atom is 0.338 e. The summed E-state index contributed by atoms with van der Waals surface area (Å²) in [4.78, 5) is 17.3. The van der Waals surface area contributed by atoms with E-state index in [0.29, 0.717) is 33.7 Å². The van der Waals surface area contributed by atoms with Crippen molar-refractivity contribution in [3.05, 3.63) is 81.2 Å². The van der Waals surface area contributed by atoms with Crippen molar-refractivity contribution in [1.82, 2.24) is 14.8 Å². The van der Waals surface area contributed by atoms with E-state index in [2.05, 4.69) is 22.3 Å². The van der Waals surface area contributed by atoms with Gasteiger partial charge in [0.05, 0.1) is 12.2 Å². The monoisotopic (exact) mass is 486 g/mol. The summed E-state index contributed by atoms with van der Waals surface area (Å²) in [5, 5.41) is 8.72. The second-order valence-corrected chi connectivity index (χ2v) is 8.29. The van der Waals surface area contributed by atoms with Crippen LogP contribution in [-0.2, 0) is 16.1 Å². The summed E-state index contributed by atoms with van der Waals surface area (Å²) in [7, 11) is 0. The minimum atomic E-state index is -0.462. The Kier molecular flexibility index (Phi) is 7.20. The summed E-state index contributed by atoms with van der Waals surface area (Å²) < 4.78 is 13.0. The Hall–Kier alpha value is -3.03. The molecule has 1 aromatic heterocycles. The zero-order valence-corrected chi connectivity index (χ0v) is 19.9. The molecule has 0 unspecified atom stereocenters. The molecular weight excluding hydrogens is 463 g/mol. The number of carbonyl (C=O) groups is 1. The SMILES string of the molecule is CCCC1=C(C(=O)OCC)[C@@H](c2ccc(OCc3c(Cl)cccc3Cl)cc2)n2ncnc2N1. The van der Waals surface area contributed by atoms with Crippen LogP contribution in [0.3, 0.4) is 0 Å². The fourth-order valence-corrected chi connectivity index (χ4v) is 4.30. The number of allylic oxidation sites excluding steroid dienone is 1. The van der Waals surface area contributed by atoms with Gasteiger partial charge in [0.1, 0.15) is 24.7 Å². The predicted molar refractivity (Wildman–Crippen MR) is 128 cm³/mol. The highest BCUT2D eigenvalue weighted by atomic mass is 35.5. The maximum absolute atomic E-state index is 13.0. The molecule has 3 aromatic rings. The molecule has 0 saturated carbocycles. The molecule has 0 aliphatic carbocycles. The average molecular weight is 487 g/mol. The molecule has 0 fully saturated rings. The van der Waals surface area contributed by atoms with Crippen LogP contribution in [0.1, 0.15) is 43.9 Å². The summed E-state index contributed by atoms with van der Waals surface area (Å²) in [5.74, 6) is 0.872. The zero-order chi connectivity index (χ0) is 23.4. The quantitative estimate of drug-likeness (QED) is 0.405. The largest absolute Gasteiger partial charge is 0.489 e. The first-order chi connectivity index (χ1) is 16.0. The van der Waals surface area contributed by atoms with Crippen molar-refractivity contribution < 1.29 is 14.3 Å². The van der Waals surface area contributed by atoms with Crippen LogP contribution < -0.4 is 10.1 Å². The van der Waals surface area contributed by atoms with Gasteiger partial charge in [0.25, 0.3) is 0 Å². The lowest BCUT2D eigenvalue weighted by Gasteiger charge is -2.29. The molecule has 172 valence electrons. The second kappa shape index (κ2) is 10.3. The van der Waals surface area contributed by atoms with Gasteiger partial charge in [-0.25, -0.2) is 9.48 Å². The molecule has 2 aromatic carbocycles. The van der Waals surface area contributed by atoms with E-state index in [4.69, 9.17) is 32.7 Å². The van der Waals surface area contributed by atoms with Gasteiger partial charge in [-0.1, -0.05) is 54.7 Å². The van der Waals surface area contributed by atoms with Crippen molar-refractivity contribution in [2.45, 2.75) is 39.3 Å². The lowest BCUT2D eigenvalue weighted by molar-refractivity contribution is -0.139. The second-order valence-electron chi connectivity index (χ2n) is 7.48. The highest BCUT2D eigenvalue weighted by Crippen LogP contribution is 2.37. The molecule has 2 heterocycles. The number of carbonyl (C=O) groups excluding carboxylic acids is 1. The number of nitrogens with one attached hydrogen (secondary N) is 1. The van der Waals surface area contributed by atoms with Gasteiger partial charge in [-0.05, 0) is 43.2 Å². The van der Waals surface area contributed by atoms with Crippen LogP contribution in [-0.4, -0.2) is 27.3 Å². The molecule has 0 saturated heterocycles. The summed E-state index contributed by atoms with van der Waals surface area (Å²) in [5.41, 5.74) is 2.93. The van der Waals surface area contributed by atoms with Gasteiger partial charge < -0.3 is 14.8 Å². The van der Waals surface area contributed by atoms with E-state index in [-0.39, 0.29) is 19.2 Å². The smallest absolute Gasteiger partial charge is 0.338 e. The number of aromatic nitrogens is 3. The van der Waals surface area contributed by atoms with E-state index >= 15 is 0 Å². The first kappa shape index (κ1) is 23.1. The number of halogens is 2. The maximum atomic E-state index is 13.0. The van der Waals surface area contributed by atoms with Crippen LogP contribution in [0, 0.1) is 0 Å². The van der Waals surface area contributed by atoms with E-state index in [1.54, 1.807) is 29.8 Å². The number of benzene rings is 2. The molecule has 4 rings (SSSR count). The Bertz CT molecular complexity index is 1150. The molecule has 1 atom stereocenters. The van der Waals surface area contributed by atoms with Gasteiger partial charge >= 0.3 is 5.97 Å². The Labute approximate surface area is 202 Å². The number of hydrogen-bond donors (Lipinski definition) is 1. The molecule has 1 N–H and O–H groups in total. The Morgan fingerprint density at radius 1 is 1.12 bits per heavy atom. The van der Waals surface area contributed by atoms with Gasteiger partial charge in [0, 0.05) is 21.3 Å². The van der Waals surface area contributed by atoms with E-state index < -0.39 is 6.04 Å². The molecule has 0 radical (unpaired) electrons. The first-order valence-corrected chi connectivity index (χ1v) is 11.5. The third-order valence-electron chi connectivity index (χ3n) is 5.31. The van der Waals surface area contributed by atoms with Gasteiger partial charge in [-0.15, -0.1) is 0 Å². The molecule has 7 nitrogen and oxygen atoms in total. The third-order valence-corrected chi connectivity index (χ3v) is 6.02. The highest BCUT2D eigenvalue weighted by molar-refractivity contribution is 6.35. The van der Waals surface area contributed by atoms with Crippen LogP contribution in [0.4, 0.5) is 5.95 Å². The van der Waals surface area contributed by atoms with Crippen LogP contribution in [0.15, 0.2) is 60.1 Å². The van der Waals surface area contributed by atoms with Crippen molar-refractivity contribution in [3.63, 3.8) is 0 Å². The molecule has 9 heteroatoms. The van der Waals surface area contributed by atoms with E-state index in [9.17, 15) is 4.79 Å². The Morgan fingerprint density at radius 3 is 2.52 bits per heavy atom. The molecule has 1 aliphatic heterocycles. The van der Waals surface area contributed by atoms with Gasteiger partial charge in [-0.3, -0.25) is 0 Å². The lowest BCUT2D eigenvalue weighted by Crippen LogP contribution is -2.30. The molecular formula is C24H24Cl2N4O3. The van der Waals surface area contributed by atoms with Gasteiger partial charge in [-0.2, -0.15) is 10.1 Å². The van der Waals surface area contributed by atoms with Crippen molar-refractivity contribution in [2.75, 3.05) is 11.9 Å². The highest BCUT2D eigenvalue weighted by Gasteiger charge is 2.35.